The molecular formula is C17H19N3O4S. The molecule has 0 bridgehead atoms. The van der Waals surface area contributed by atoms with E-state index in [4.69, 9.17) is 5.11 Å². The maximum absolute atomic E-state index is 12.2. The minimum atomic E-state index is -1.11. The predicted octanol–water partition coefficient (Wildman–Crippen LogP) is 2.72. The first-order chi connectivity index (χ1) is 11.8. The quantitative estimate of drug-likeness (QED) is 0.733. The van der Waals surface area contributed by atoms with Crippen molar-refractivity contribution in [3.63, 3.8) is 0 Å². The van der Waals surface area contributed by atoms with Crippen molar-refractivity contribution in [3.05, 3.63) is 45.9 Å². The van der Waals surface area contributed by atoms with Gasteiger partial charge in [-0.2, -0.15) is 0 Å². The summed E-state index contributed by atoms with van der Waals surface area (Å²) in [5, 5.41) is 14.8. The van der Waals surface area contributed by atoms with Crippen molar-refractivity contribution in [2.45, 2.75) is 32.7 Å². The summed E-state index contributed by atoms with van der Waals surface area (Å²) in [7, 11) is 0. The van der Waals surface area contributed by atoms with Gasteiger partial charge in [-0.15, -0.1) is 11.3 Å². The summed E-state index contributed by atoms with van der Waals surface area (Å²) < 4.78 is 0. The summed E-state index contributed by atoms with van der Waals surface area (Å²) in [4.78, 5) is 39.6. The number of carbonyl (C=O) groups excluding carboxylic acids is 2. The van der Waals surface area contributed by atoms with E-state index in [9.17, 15) is 14.4 Å². The van der Waals surface area contributed by atoms with Crippen molar-refractivity contribution in [1.82, 2.24) is 10.3 Å². The molecule has 0 aliphatic rings. The van der Waals surface area contributed by atoms with Gasteiger partial charge in [0.15, 0.2) is 0 Å². The maximum Gasteiger partial charge on any atom is 0.325 e. The van der Waals surface area contributed by atoms with E-state index >= 15 is 0 Å². The van der Waals surface area contributed by atoms with E-state index in [1.807, 2.05) is 13.8 Å². The lowest BCUT2D eigenvalue weighted by Crippen LogP contribution is -2.38. The van der Waals surface area contributed by atoms with Gasteiger partial charge >= 0.3 is 5.97 Å². The number of carbonyl (C=O) groups is 3. The van der Waals surface area contributed by atoms with Crippen LogP contribution in [0.15, 0.2) is 30.5 Å². The second kappa shape index (κ2) is 7.89. The van der Waals surface area contributed by atoms with Gasteiger partial charge in [0.25, 0.3) is 11.8 Å². The topological polar surface area (TPSA) is 108 Å². The minimum absolute atomic E-state index is 0.262. The highest BCUT2D eigenvalue weighted by Crippen LogP contribution is 2.22. The molecule has 0 aliphatic heterocycles. The van der Waals surface area contributed by atoms with Gasteiger partial charge < -0.3 is 15.7 Å². The van der Waals surface area contributed by atoms with Crippen LogP contribution < -0.4 is 10.6 Å². The Morgan fingerprint density at radius 2 is 1.72 bits per heavy atom. The van der Waals surface area contributed by atoms with Crippen LogP contribution in [0.2, 0.25) is 0 Å². The number of amides is 2. The number of hydrogen-bond donors (Lipinski definition) is 3. The average molecular weight is 361 g/mol. The molecule has 8 heteroatoms. The van der Waals surface area contributed by atoms with E-state index in [-0.39, 0.29) is 11.8 Å². The van der Waals surface area contributed by atoms with Crippen molar-refractivity contribution in [2.24, 2.45) is 0 Å². The Morgan fingerprint density at radius 1 is 1.08 bits per heavy atom. The van der Waals surface area contributed by atoms with Crippen LogP contribution in [-0.2, 0) is 4.79 Å². The molecule has 1 aromatic heterocycles. The van der Waals surface area contributed by atoms with Crippen LogP contribution in [0.4, 0.5) is 5.69 Å². The van der Waals surface area contributed by atoms with Gasteiger partial charge in [0, 0.05) is 17.2 Å². The fourth-order valence-corrected chi connectivity index (χ4v) is 2.71. The van der Waals surface area contributed by atoms with Crippen LogP contribution >= 0.6 is 11.3 Å². The summed E-state index contributed by atoms with van der Waals surface area (Å²) in [5.41, 5.74) is 0.846. The van der Waals surface area contributed by atoms with Gasteiger partial charge in [-0.1, -0.05) is 13.8 Å². The van der Waals surface area contributed by atoms with E-state index in [0.717, 1.165) is 5.01 Å². The summed E-state index contributed by atoms with van der Waals surface area (Å²) in [6.07, 6.45) is 1.55. The molecule has 25 heavy (non-hydrogen) atoms. The standard InChI is InChI=1S/C17H19N3O4S/c1-9(2)16-18-8-13(25-16)15(22)20-12-6-4-11(5-7-12)14(21)19-10(3)17(23)24/h4-10H,1-3H3,(H,19,21)(H,20,22)(H,23,24). The zero-order valence-electron chi connectivity index (χ0n) is 14.1. The number of benzene rings is 1. The lowest BCUT2D eigenvalue weighted by Gasteiger charge is -2.10. The number of aromatic nitrogens is 1. The van der Waals surface area contributed by atoms with Crippen molar-refractivity contribution in [1.29, 1.82) is 0 Å². The van der Waals surface area contributed by atoms with Crippen LogP contribution in [0.3, 0.4) is 0 Å². The minimum Gasteiger partial charge on any atom is -0.480 e. The predicted molar refractivity (Wildman–Crippen MR) is 95.2 cm³/mol. The highest BCUT2D eigenvalue weighted by Gasteiger charge is 2.16. The molecule has 0 aliphatic carbocycles. The van der Waals surface area contributed by atoms with Gasteiger partial charge in [0.05, 0.1) is 11.2 Å². The molecule has 2 rings (SSSR count). The molecule has 132 valence electrons. The van der Waals surface area contributed by atoms with Crippen LogP contribution in [0, 0.1) is 0 Å². The Hall–Kier alpha value is -2.74. The molecule has 7 nitrogen and oxygen atoms in total. The van der Waals surface area contributed by atoms with E-state index < -0.39 is 17.9 Å². The van der Waals surface area contributed by atoms with E-state index in [0.29, 0.717) is 16.1 Å². The van der Waals surface area contributed by atoms with Gasteiger partial charge in [-0.05, 0) is 31.2 Å². The summed E-state index contributed by atoms with van der Waals surface area (Å²) >= 11 is 1.34. The van der Waals surface area contributed by atoms with Gasteiger partial charge in [0.1, 0.15) is 10.9 Å². The van der Waals surface area contributed by atoms with Gasteiger partial charge in [-0.25, -0.2) is 4.98 Å². The molecule has 3 N–H and O–H groups in total. The number of rotatable bonds is 6. The number of aliphatic carboxylic acids is 1. The molecular weight excluding hydrogens is 342 g/mol. The fraction of sp³-hybridized carbons (Fsp3) is 0.294. The van der Waals surface area contributed by atoms with Crippen LogP contribution in [0.25, 0.3) is 0 Å². The summed E-state index contributed by atoms with van der Waals surface area (Å²) in [6, 6.07) is 5.23. The second-order valence-corrected chi connectivity index (χ2v) is 6.84. The van der Waals surface area contributed by atoms with Crippen LogP contribution in [0.1, 0.15) is 51.7 Å². The Kier molecular flexibility index (Phi) is 5.87. The first kappa shape index (κ1) is 18.6. The average Bonchev–Trinajstić information content (AvgIpc) is 3.05. The molecule has 0 spiro atoms. The normalized spacial score (nSPS) is 11.8. The zero-order valence-corrected chi connectivity index (χ0v) is 14.9. The Bertz CT molecular complexity index is 783. The van der Waals surface area contributed by atoms with Crippen molar-refractivity contribution in [2.75, 3.05) is 5.32 Å². The third kappa shape index (κ3) is 4.87. The molecule has 2 aromatic rings. The van der Waals surface area contributed by atoms with E-state index in [1.165, 1.54) is 30.4 Å². The highest BCUT2D eigenvalue weighted by molar-refractivity contribution is 7.13. The van der Waals surface area contributed by atoms with E-state index in [2.05, 4.69) is 15.6 Å². The lowest BCUT2D eigenvalue weighted by atomic mass is 10.2. The first-order valence-corrected chi connectivity index (χ1v) is 8.50. The van der Waals surface area contributed by atoms with E-state index in [1.54, 1.807) is 18.3 Å². The molecule has 0 radical (unpaired) electrons. The highest BCUT2D eigenvalue weighted by atomic mass is 32.1. The smallest absolute Gasteiger partial charge is 0.325 e. The van der Waals surface area contributed by atoms with Crippen molar-refractivity contribution in [3.8, 4) is 0 Å². The first-order valence-electron chi connectivity index (χ1n) is 7.68. The number of carboxylic acids is 1. The number of nitrogens with one attached hydrogen (secondary N) is 2. The van der Waals surface area contributed by atoms with Crippen molar-refractivity contribution >= 4 is 34.8 Å². The number of carboxylic acid groups (broad SMARTS) is 1. The fourth-order valence-electron chi connectivity index (χ4n) is 1.90. The largest absolute Gasteiger partial charge is 0.480 e. The number of nitrogens with zero attached hydrogens (tertiary/aromatic N) is 1. The van der Waals surface area contributed by atoms with Gasteiger partial charge in [0.2, 0.25) is 0 Å². The van der Waals surface area contributed by atoms with Crippen molar-refractivity contribution < 1.29 is 19.5 Å². The van der Waals surface area contributed by atoms with Crippen LogP contribution in [0.5, 0.6) is 0 Å². The third-order valence-electron chi connectivity index (χ3n) is 3.36. The molecule has 0 fully saturated rings. The second-order valence-electron chi connectivity index (χ2n) is 5.78. The lowest BCUT2D eigenvalue weighted by molar-refractivity contribution is -0.138. The summed E-state index contributed by atoms with van der Waals surface area (Å²) in [5.74, 6) is -1.60. The van der Waals surface area contributed by atoms with Crippen LogP contribution in [-0.4, -0.2) is 33.9 Å². The van der Waals surface area contributed by atoms with Gasteiger partial charge in [-0.3, -0.25) is 14.4 Å². The summed E-state index contributed by atoms with van der Waals surface area (Å²) in [6.45, 7) is 5.40. The molecule has 2 amide bonds. The zero-order chi connectivity index (χ0) is 18.6. The molecule has 1 heterocycles. The SMILES string of the molecule is CC(NC(=O)c1ccc(NC(=O)c2cnc(C(C)C)s2)cc1)C(=O)O. The maximum atomic E-state index is 12.2. The number of hydrogen-bond acceptors (Lipinski definition) is 5. The Morgan fingerprint density at radius 3 is 2.24 bits per heavy atom. The molecule has 1 atom stereocenters. The third-order valence-corrected chi connectivity index (χ3v) is 4.66. The molecule has 1 aromatic carbocycles. The monoisotopic (exact) mass is 361 g/mol. The number of anilines is 1. The number of thiazole rings is 1. The Balaban J connectivity index is 2.00. The molecule has 0 saturated heterocycles. The molecule has 1 unspecified atom stereocenters. The Labute approximate surface area is 149 Å². The molecule has 0 saturated carbocycles.